The molecule has 1 aliphatic rings. The number of tetrazole rings is 1. The van der Waals surface area contributed by atoms with E-state index < -0.39 is 17.7 Å². The van der Waals surface area contributed by atoms with Crippen LogP contribution in [0, 0.1) is 25.5 Å². The highest BCUT2D eigenvalue weighted by molar-refractivity contribution is 5.49. The van der Waals surface area contributed by atoms with E-state index >= 15 is 0 Å². The quantitative estimate of drug-likeness (QED) is 0.358. The van der Waals surface area contributed by atoms with Crippen LogP contribution < -0.4 is 0 Å². The summed E-state index contributed by atoms with van der Waals surface area (Å²) in [4.78, 5) is 4.63. The second kappa shape index (κ2) is 11.1. The lowest BCUT2D eigenvalue weighted by Gasteiger charge is -2.38. The van der Waals surface area contributed by atoms with Crippen LogP contribution in [0.5, 0.6) is 0 Å². The first kappa shape index (κ1) is 24.9. The lowest BCUT2D eigenvalue weighted by atomic mass is 10.0. The molecule has 0 saturated carbocycles. The normalized spacial score (nSPS) is 15.9. The fourth-order valence-electron chi connectivity index (χ4n) is 4.98. The Labute approximate surface area is 215 Å². The van der Waals surface area contributed by atoms with E-state index in [0.717, 1.165) is 49.5 Å². The van der Waals surface area contributed by atoms with Gasteiger partial charge in [-0.15, -0.1) is 5.10 Å². The van der Waals surface area contributed by atoms with Crippen LogP contribution in [-0.2, 0) is 0 Å². The van der Waals surface area contributed by atoms with Crippen LogP contribution in [0.3, 0.4) is 0 Å². The molecular formula is C29H30F2N6. The van der Waals surface area contributed by atoms with Crippen molar-refractivity contribution in [1.29, 1.82) is 0 Å². The molecule has 1 fully saturated rings. The van der Waals surface area contributed by atoms with E-state index in [9.17, 15) is 8.78 Å². The third-order valence-corrected chi connectivity index (χ3v) is 6.89. The highest BCUT2D eigenvalue weighted by Crippen LogP contribution is 2.31. The first-order chi connectivity index (χ1) is 18.0. The minimum absolute atomic E-state index is 0.425. The van der Waals surface area contributed by atoms with Crippen molar-refractivity contribution in [3.63, 3.8) is 0 Å². The molecule has 8 heteroatoms. The number of rotatable bonds is 7. The summed E-state index contributed by atoms with van der Waals surface area (Å²) in [6.07, 6.45) is 4.31. The molecule has 0 N–H and O–H groups in total. The summed E-state index contributed by atoms with van der Waals surface area (Å²) in [5.41, 5.74) is 4.77. The molecule has 1 aromatic heterocycles. The number of aryl methyl sites for hydroxylation is 2. The van der Waals surface area contributed by atoms with E-state index in [1.54, 1.807) is 10.7 Å². The van der Waals surface area contributed by atoms with Crippen LogP contribution in [0.15, 0.2) is 72.8 Å². The van der Waals surface area contributed by atoms with Gasteiger partial charge in [0.15, 0.2) is 17.5 Å². The van der Waals surface area contributed by atoms with Crippen LogP contribution in [-0.4, -0.2) is 62.7 Å². The molecule has 5 rings (SSSR count). The van der Waals surface area contributed by atoms with Crippen molar-refractivity contribution in [2.75, 3.05) is 32.7 Å². The molecule has 190 valence electrons. The van der Waals surface area contributed by atoms with Crippen LogP contribution >= 0.6 is 0 Å². The van der Waals surface area contributed by atoms with Gasteiger partial charge >= 0.3 is 0 Å². The second-order valence-corrected chi connectivity index (χ2v) is 9.42. The van der Waals surface area contributed by atoms with Gasteiger partial charge < -0.3 is 0 Å². The first-order valence-corrected chi connectivity index (χ1v) is 12.5. The largest absolute Gasteiger partial charge is 0.297 e. The number of hydrogen-bond donors (Lipinski definition) is 0. The lowest BCUT2D eigenvalue weighted by Crippen LogP contribution is -2.48. The third kappa shape index (κ3) is 5.50. The Balaban J connectivity index is 1.41. The van der Waals surface area contributed by atoms with Crippen molar-refractivity contribution < 1.29 is 8.78 Å². The van der Waals surface area contributed by atoms with Crippen molar-refractivity contribution in [3.05, 3.63) is 113 Å². The Hall–Kier alpha value is -3.75. The number of halogens is 2. The monoisotopic (exact) mass is 500 g/mol. The maximum absolute atomic E-state index is 14.4. The van der Waals surface area contributed by atoms with Gasteiger partial charge in [0.2, 0.25) is 0 Å². The molecule has 1 aliphatic heterocycles. The number of para-hydroxylation sites is 1. The Bertz CT molecular complexity index is 1360. The van der Waals surface area contributed by atoms with E-state index in [0.29, 0.717) is 11.4 Å². The average molecular weight is 501 g/mol. The topological polar surface area (TPSA) is 50.1 Å². The van der Waals surface area contributed by atoms with Gasteiger partial charge in [-0.25, -0.2) is 8.78 Å². The van der Waals surface area contributed by atoms with Crippen molar-refractivity contribution in [2.24, 2.45) is 0 Å². The van der Waals surface area contributed by atoms with Crippen LogP contribution in [0.25, 0.3) is 11.8 Å². The van der Waals surface area contributed by atoms with Gasteiger partial charge in [-0.3, -0.25) is 9.80 Å². The predicted molar refractivity (Wildman–Crippen MR) is 140 cm³/mol. The Morgan fingerprint density at radius 3 is 2.30 bits per heavy atom. The van der Waals surface area contributed by atoms with Gasteiger partial charge in [0.1, 0.15) is 0 Å². The fraction of sp³-hybridized carbons (Fsp3) is 0.276. The summed E-state index contributed by atoms with van der Waals surface area (Å²) in [6.45, 7) is 8.03. The van der Waals surface area contributed by atoms with Gasteiger partial charge in [-0.2, -0.15) is 4.68 Å². The number of aromatic nitrogens is 4. The van der Waals surface area contributed by atoms with Crippen molar-refractivity contribution in [1.82, 2.24) is 30.0 Å². The summed E-state index contributed by atoms with van der Waals surface area (Å²) >= 11 is 0. The Kier molecular flexibility index (Phi) is 7.48. The van der Waals surface area contributed by atoms with Gasteiger partial charge in [-0.1, -0.05) is 66.7 Å². The molecule has 0 radical (unpaired) electrons. The molecule has 4 aromatic rings. The SMILES string of the molecule is Cc1cccc(C)c1-n1nnnc1C(c1ccc(F)c(F)c1)N1CCN(CC=Cc2ccccc2)CC1. The highest BCUT2D eigenvalue weighted by atomic mass is 19.2. The number of piperazine rings is 1. The summed E-state index contributed by atoms with van der Waals surface area (Å²) in [7, 11) is 0. The molecule has 1 unspecified atom stereocenters. The maximum Gasteiger partial charge on any atom is 0.178 e. The average Bonchev–Trinajstić information content (AvgIpc) is 3.36. The van der Waals surface area contributed by atoms with E-state index in [2.05, 4.69) is 49.6 Å². The van der Waals surface area contributed by atoms with Gasteiger partial charge in [-0.05, 0) is 58.7 Å². The van der Waals surface area contributed by atoms with E-state index in [-0.39, 0.29) is 0 Å². The van der Waals surface area contributed by atoms with Crippen molar-refractivity contribution >= 4 is 6.08 Å². The molecular weight excluding hydrogens is 470 g/mol. The standard InChI is InChI=1S/C29H30F2N6/c1-21-8-6-9-22(2)27(21)37-29(32-33-34-37)28(24-13-14-25(30)26(31)20-24)36-18-16-35(17-19-36)15-7-12-23-10-4-3-5-11-23/h3-14,20,28H,15-19H2,1-2H3. The lowest BCUT2D eigenvalue weighted by molar-refractivity contribution is 0.113. The van der Waals surface area contributed by atoms with Gasteiger partial charge in [0, 0.05) is 32.7 Å². The molecule has 1 saturated heterocycles. The summed E-state index contributed by atoms with van der Waals surface area (Å²) in [5, 5.41) is 12.7. The molecule has 37 heavy (non-hydrogen) atoms. The van der Waals surface area contributed by atoms with Crippen LogP contribution in [0.2, 0.25) is 0 Å². The highest BCUT2D eigenvalue weighted by Gasteiger charge is 2.32. The number of nitrogens with zero attached hydrogens (tertiary/aromatic N) is 6. The number of benzene rings is 3. The zero-order chi connectivity index (χ0) is 25.8. The fourth-order valence-corrected chi connectivity index (χ4v) is 4.98. The van der Waals surface area contributed by atoms with E-state index in [1.165, 1.54) is 17.7 Å². The smallest absolute Gasteiger partial charge is 0.178 e. The minimum atomic E-state index is -0.877. The zero-order valence-electron chi connectivity index (χ0n) is 21.1. The number of hydrogen-bond acceptors (Lipinski definition) is 5. The van der Waals surface area contributed by atoms with Crippen molar-refractivity contribution in [2.45, 2.75) is 19.9 Å². The van der Waals surface area contributed by atoms with Crippen LogP contribution in [0.4, 0.5) is 8.78 Å². The maximum atomic E-state index is 14.4. The van der Waals surface area contributed by atoms with Crippen molar-refractivity contribution in [3.8, 4) is 5.69 Å². The first-order valence-electron chi connectivity index (χ1n) is 12.5. The second-order valence-electron chi connectivity index (χ2n) is 9.42. The third-order valence-electron chi connectivity index (χ3n) is 6.89. The van der Waals surface area contributed by atoms with E-state index in [1.807, 2.05) is 50.2 Å². The molecule has 6 nitrogen and oxygen atoms in total. The molecule has 1 atom stereocenters. The summed E-state index contributed by atoms with van der Waals surface area (Å²) < 4.78 is 30.0. The van der Waals surface area contributed by atoms with E-state index in [4.69, 9.17) is 0 Å². The van der Waals surface area contributed by atoms with Gasteiger partial charge in [0.05, 0.1) is 11.7 Å². The minimum Gasteiger partial charge on any atom is -0.297 e. The molecule has 0 bridgehead atoms. The zero-order valence-corrected chi connectivity index (χ0v) is 21.1. The molecule has 2 heterocycles. The molecule has 0 amide bonds. The van der Waals surface area contributed by atoms with Gasteiger partial charge in [0.25, 0.3) is 0 Å². The summed E-state index contributed by atoms with van der Waals surface area (Å²) in [5.74, 6) is -1.16. The predicted octanol–water partition coefficient (Wildman–Crippen LogP) is 4.98. The molecule has 3 aromatic carbocycles. The summed E-state index contributed by atoms with van der Waals surface area (Å²) in [6, 6.07) is 19.9. The molecule has 0 spiro atoms. The Morgan fingerprint density at radius 2 is 1.59 bits per heavy atom. The van der Waals surface area contributed by atoms with Crippen LogP contribution in [0.1, 0.15) is 34.1 Å². The molecule has 0 aliphatic carbocycles. The Morgan fingerprint density at radius 1 is 0.865 bits per heavy atom.